The number of pyridine rings is 1. The van der Waals surface area contributed by atoms with Crippen molar-refractivity contribution in [3.8, 4) is 0 Å². The Kier molecular flexibility index (Phi) is 6.96. The van der Waals surface area contributed by atoms with Gasteiger partial charge in [-0.05, 0) is 26.0 Å². The van der Waals surface area contributed by atoms with E-state index in [2.05, 4.69) is 14.9 Å². The standard InChI is InChI=1S/C16H20N4O2.C2HF3O2/c1-3-20-10-17-14-9-19(8-13(15(14)20)16(21)22)7-12-6-4-5-11(2)18-12;3-2(4,5)1(6)7/h4-6,10,13H,3,7-9H2,1-2H3,(H,21,22);(H,6,7). The third kappa shape index (κ3) is 5.76. The van der Waals surface area contributed by atoms with Crippen LogP contribution in [0, 0.1) is 6.92 Å². The lowest BCUT2D eigenvalue weighted by Gasteiger charge is -2.30. The lowest BCUT2D eigenvalue weighted by Crippen LogP contribution is -2.37. The van der Waals surface area contributed by atoms with Crippen LogP contribution in [-0.4, -0.2) is 54.3 Å². The maximum atomic E-state index is 11.7. The molecule has 158 valence electrons. The van der Waals surface area contributed by atoms with Crippen molar-refractivity contribution >= 4 is 11.9 Å². The quantitative estimate of drug-likeness (QED) is 0.791. The molecule has 8 nitrogen and oxygen atoms in total. The number of hydrogen-bond acceptors (Lipinski definition) is 5. The number of aryl methyl sites for hydroxylation is 2. The number of carbonyl (C=O) groups is 2. The van der Waals surface area contributed by atoms with Gasteiger partial charge in [-0.15, -0.1) is 0 Å². The Morgan fingerprint density at radius 1 is 1.28 bits per heavy atom. The molecule has 3 rings (SSSR count). The van der Waals surface area contributed by atoms with Crippen LogP contribution in [0.4, 0.5) is 13.2 Å². The topological polar surface area (TPSA) is 109 Å². The summed E-state index contributed by atoms with van der Waals surface area (Å²) < 4.78 is 33.7. The molecule has 3 heterocycles. The zero-order chi connectivity index (χ0) is 21.8. The molecule has 1 aliphatic rings. The van der Waals surface area contributed by atoms with Gasteiger partial charge in [-0.1, -0.05) is 6.07 Å². The van der Waals surface area contributed by atoms with Crippen molar-refractivity contribution in [1.82, 2.24) is 19.4 Å². The van der Waals surface area contributed by atoms with E-state index in [0.29, 0.717) is 19.6 Å². The summed E-state index contributed by atoms with van der Waals surface area (Å²) in [4.78, 5) is 31.6. The molecule has 1 aliphatic heterocycles. The number of alkyl halides is 3. The van der Waals surface area contributed by atoms with E-state index < -0.39 is 24.0 Å². The molecule has 0 amide bonds. The Bertz CT molecular complexity index is 882. The van der Waals surface area contributed by atoms with Gasteiger partial charge in [-0.25, -0.2) is 9.78 Å². The Balaban J connectivity index is 0.000000370. The van der Waals surface area contributed by atoms with Gasteiger partial charge in [0.1, 0.15) is 5.92 Å². The van der Waals surface area contributed by atoms with E-state index in [0.717, 1.165) is 29.3 Å². The van der Waals surface area contributed by atoms with Crippen molar-refractivity contribution in [2.24, 2.45) is 0 Å². The summed E-state index contributed by atoms with van der Waals surface area (Å²) in [5.74, 6) is -4.08. The number of aliphatic carboxylic acids is 2. The second-order valence-corrected chi connectivity index (χ2v) is 6.50. The summed E-state index contributed by atoms with van der Waals surface area (Å²) in [6, 6.07) is 5.91. The monoisotopic (exact) mass is 414 g/mol. The zero-order valence-corrected chi connectivity index (χ0v) is 15.8. The molecule has 0 fully saturated rings. The van der Waals surface area contributed by atoms with Crippen molar-refractivity contribution < 1.29 is 33.0 Å². The number of hydrogen-bond donors (Lipinski definition) is 2. The van der Waals surface area contributed by atoms with Crippen LogP contribution >= 0.6 is 0 Å². The Morgan fingerprint density at radius 2 is 1.93 bits per heavy atom. The molecule has 0 radical (unpaired) electrons. The highest BCUT2D eigenvalue weighted by atomic mass is 19.4. The minimum Gasteiger partial charge on any atom is -0.481 e. The summed E-state index contributed by atoms with van der Waals surface area (Å²) in [5, 5.41) is 16.7. The maximum absolute atomic E-state index is 11.7. The number of rotatable bonds is 4. The third-order valence-corrected chi connectivity index (χ3v) is 4.32. The fraction of sp³-hybridized carbons (Fsp3) is 0.444. The first-order valence-corrected chi connectivity index (χ1v) is 8.74. The predicted molar refractivity (Wildman–Crippen MR) is 95.1 cm³/mol. The fourth-order valence-corrected chi connectivity index (χ4v) is 3.06. The van der Waals surface area contributed by atoms with Gasteiger partial charge in [-0.3, -0.25) is 14.7 Å². The molecule has 11 heteroatoms. The first-order chi connectivity index (χ1) is 13.5. The van der Waals surface area contributed by atoms with E-state index in [4.69, 9.17) is 9.90 Å². The first-order valence-electron chi connectivity index (χ1n) is 8.74. The number of halogens is 3. The Labute approximate surface area is 164 Å². The highest BCUT2D eigenvalue weighted by molar-refractivity contribution is 5.76. The van der Waals surface area contributed by atoms with Crippen LogP contribution < -0.4 is 0 Å². The van der Waals surface area contributed by atoms with Crippen LogP contribution in [0.1, 0.15) is 35.6 Å². The van der Waals surface area contributed by atoms with Gasteiger partial charge < -0.3 is 14.8 Å². The molecule has 2 N–H and O–H groups in total. The first kappa shape index (κ1) is 22.3. The molecule has 0 aromatic carbocycles. The highest BCUT2D eigenvalue weighted by Gasteiger charge is 2.38. The lowest BCUT2D eigenvalue weighted by molar-refractivity contribution is -0.192. The number of nitrogens with zero attached hydrogens (tertiary/aromatic N) is 4. The predicted octanol–water partition coefficient (Wildman–Crippen LogP) is 2.42. The number of carboxylic acids is 2. The van der Waals surface area contributed by atoms with Crippen molar-refractivity contribution in [1.29, 1.82) is 0 Å². The molecule has 1 unspecified atom stereocenters. The maximum Gasteiger partial charge on any atom is 0.490 e. The number of carboxylic acid groups (broad SMARTS) is 2. The van der Waals surface area contributed by atoms with E-state index in [9.17, 15) is 23.1 Å². The summed E-state index contributed by atoms with van der Waals surface area (Å²) in [6.45, 7) is 6.51. The fourth-order valence-electron chi connectivity index (χ4n) is 3.06. The van der Waals surface area contributed by atoms with E-state index in [1.807, 2.05) is 36.6 Å². The van der Waals surface area contributed by atoms with E-state index in [1.54, 1.807) is 6.33 Å². The summed E-state index contributed by atoms with van der Waals surface area (Å²) in [6.07, 6.45) is -3.34. The van der Waals surface area contributed by atoms with Crippen LogP contribution in [0.3, 0.4) is 0 Å². The molecule has 2 aromatic rings. The molecule has 0 saturated carbocycles. The van der Waals surface area contributed by atoms with Gasteiger partial charge >= 0.3 is 18.1 Å². The van der Waals surface area contributed by atoms with E-state index in [1.165, 1.54) is 0 Å². The molecular weight excluding hydrogens is 393 g/mol. The molecule has 0 aliphatic carbocycles. The second-order valence-electron chi connectivity index (χ2n) is 6.50. The average Bonchev–Trinajstić information content (AvgIpc) is 3.03. The van der Waals surface area contributed by atoms with Crippen molar-refractivity contribution in [2.45, 2.75) is 45.6 Å². The van der Waals surface area contributed by atoms with Crippen LogP contribution in [-0.2, 0) is 29.2 Å². The Hall–Kier alpha value is -2.95. The third-order valence-electron chi connectivity index (χ3n) is 4.32. The molecule has 0 bridgehead atoms. The van der Waals surface area contributed by atoms with Crippen LogP contribution in [0.5, 0.6) is 0 Å². The summed E-state index contributed by atoms with van der Waals surface area (Å²) in [7, 11) is 0. The van der Waals surface area contributed by atoms with Crippen LogP contribution in [0.2, 0.25) is 0 Å². The molecular formula is C18H21F3N4O4. The van der Waals surface area contributed by atoms with Gasteiger partial charge in [0.25, 0.3) is 0 Å². The lowest BCUT2D eigenvalue weighted by atomic mass is 9.98. The van der Waals surface area contributed by atoms with Crippen LogP contribution in [0.15, 0.2) is 24.5 Å². The van der Waals surface area contributed by atoms with Crippen molar-refractivity contribution in [2.75, 3.05) is 6.54 Å². The summed E-state index contributed by atoms with van der Waals surface area (Å²) >= 11 is 0. The SMILES string of the molecule is CCn1cnc2c1C(C(=O)O)CN(Cc1cccc(C)n1)C2.O=C(O)C(F)(F)F. The number of imidazole rings is 1. The second kappa shape index (κ2) is 9.03. The molecule has 1 atom stereocenters. The minimum absolute atomic E-state index is 0.490. The van der Waals surface area contributed by atoms with Crippen molar-refractivity contribution in [3.63, 3.8) is 0 Å². The number of aromatic nitrogens is 3. The minimum atomic E-state index is -5.08. The molecule has 0 spiro atoms. The smallest absolute Gasteiger partial charge is 0.481 e. The van der Waals surface area contributed by atoms with Gasteiger partial charge in [-0.2, -0.15) is 13.2 Å². The van der Waals surface area contributed by atoms with Gasteiger partial charge in [0.05, 0.1) is 23.4 Å². The Morgan fingerprint density at radius 3 is 2.45 bits per heavy atom. The van der Waals surface area contributed by atoms with E-state index in [-0.39, 0.29) is 0 Å². The summed E-state index contributed by atoms with van der Waals surface area (Å²) in [5.41, 5.74) is 3.65. The largest absolute Gasteiger partial charge is 0.490 e. The molecule has 2 aromatic heterocycles. The molecule has 29 heavy (non-hydrogen) atoms. The van der Waals surface area contributed by atoms with E-state index >= 15 is 0 Å². The number of fused-ring (bicyclic) bond motifs is 1. The normalized spacial score (nSPS) is 16.5. The van der Waals surface area contributed by atoms with Gasteiger partial charge in [0.15, 0.2) is 0 Å². The molecule has 0 saturated heterocycles. The van der Waals surface area contributed by atoms with Gasteiger partial charge in [0.2, 0.25) is 0 Å². The highest BCUT2D eigenvalue weighted by Crippen LogP contribution is 2.28. The van der Waals surface area contributed by atoms with Crippen molar-refractivity contribution in [3.05, 3.63) is 47.3 Å². The van der Waals surface area contributed by atoms with Gasteiger partial charge in [0, 0.05) is 31.9 Å². The average molecular weight is 414 g/mol. The zero-order valence-electron chi connectivity index (χ0n) is 15.8. The van der Waals surface area contributed by atoms with Crippen LogP contribution in [0.25, 0.3) is 0 Å².